The first kappa shape index (κ1) is 14.3. The van der Waals surface area contributed by atoms with Crippen molar-refractivity contribution in [2.24, 2.45) is 5.92 Å². The number of ether oxygens (including phenoxy) is 1. The first-order valence-corrected chi connectivity index (χ1v) is 7.11. The second-order valence-corrected chi connectivity index (χ2v) is 5.59. The molecule has 106 valence electrons. The molecule has 0 bridgehead atoms. The van der Waals surface area contributed by atoms with Gasteiger partial charge < -0.3 is 15.0 Å². The zero-order chi connectivity index (χ0) is 13.7. The molecule has 0 radical (unpaired) electrons. The maximum absolute atomic E-state index is 5.30. The minimum atomic E-state index is 0.429. The molecule has 1 aliphatic heterocycles. The maximum Gasteiger partial charge on any atom is 0.128 e. The van der Waals surface area contributed by atoms with Crippen molar-refractivity contribution in [3.05, 3.63) is 24.4 Å². The van der Waals surface area contributed by atoms with Gasteiger partial charge in [0.25, 0.3) is 0 Å². The largest absolute Gasteiger partial charge is 0.383 e. The third-order valence-corrected chi connectivity index (χ3v) is 3.76. The number of nitrogens with zero attached hydrogens (tertiary/aromatic N) is 2. The van der Waals surface area contributed by atoms with Gasteiger partial charge in [0.2, 0.25) is 0 Å². The molecule has 2 atom stereocenters. The van der Waals surface area contributed by atoms with Crippen LogP contribution in [-0.2, 0) is 4.74 Å². The minimum absolute atomic E-state index is 0.429. The van der Waals surface area contributed by atoms with Crippen LogP contribution in [-0.4, -0.2) is 43.9 Å². The Morgan fingerprint density at radius 3 is 2.95 bits per heavy atom. The molecule has 0 aliphatic carbocycles. The standard InChI is InChI=1S/C15H25N3O/c1-12(2)14(11-19-3)17-13-7-9-18(10-13)15-6-4-5-8-16-15/h4-6,8,12-14,17H,7,9-11H2,1-3H3/t13-,14+/m1/s1. The zero-order valence-corrected chi connectivity index (χ0v) is 12.2. The summed E-state index contributed by atoms with van der Waals surface area (Å²) in [5.41, 5.74) is 0. The summed E-state index contributed by atoms with van der Waals surface area (Å²) in [6.45, 7) is 7.36. The molecule has 0 amide bonds. The molecule has 0 saturated carbocycles. The summed E-state index contributed by atoms with van der Waals surface area (Å²) in [5, 5.41) is 3.72. The van der Waals surface area contributed by atoms with Crippen molar-refractivity contribution < 1.29 is 4.74 Å². The van der Waals surface area contributed by atoms with Crippen LogP contribution in [0.2, 0.25) is 0 Å². The average molecular weight is 263 g/mol. The summed E-state index contributed by atoms with van der Waals surface area (Å²) in [5.74, 6) is 1.67. The summed E-state index contributed by atoms with van der Waals surface area (Å²) in [6, 6.07) is 7.05. The van der Waals surface area contributed by atoms with E-state index in [0.717, 1.165) is 25.5 Å². The monoisotopic (exact) mass is 263 g/mol. The lowest BCUT2D eigenvalue weighted by molar-refractivity contribution is 0.141. The van der Waals surface area contributed by atoms with E-state index in [9.17, 15) is 0 Å². The van der Waals surface area contributed by atoms with E-state index in [4.69, 9.17) is 4.74 Å². The van der Waals surface area contributed by atoms with Crippen molar-refractivity contribution in [2.75, 3.05) is 31.7 Å². The average Bonchev–Trinajstić information content (AvgIpc) is 2.88. The predicted molar refractivity (Wildman–Crippen MR) is 78.5 cm³/mol. The van der Waals surface area contributed by atoms with Gasteiger partial charge in [0.05, 0.1) is 6.61 Å². The van der Waals surface area contributed by atoms with Crippen LogP contribution in [0.3, 0.4) is 0 Å². The SMILES string of the molecule is COC[C@H](N[C@@H]1CCN(c2ccccn2)C1)C(C)C. The van der Waals surface area contributed by atoms with Gasteiger partial charge in [-0.25, -0.2) is 4.98 Å². The number of methoxy groups -OCH3 is 1. The van der Waals surface area contributed by atoms with E-state index in [0.29, 0.717) is 18.0 Å². The van der Waals surface area contributed by atoms with E-state index in [1.54, 1.807) is 7.11 Å². The zero-order valence-electron chi connectivity index (χ0n) is 12.2. The maximum atomic E-state index is 5.30. The van der Waals surface area contributed by atoms with Crippen molar-refractivity contribution in [1.82, 2.24) is 10.3 Å². The van der Waals surface area contributed by atoms with E-state index in [2.05, 4.69) is 35.1 Å². The van der Waals surface area contributed by atoms with Crippen LogP contribution < -0.4 is 10.2 Å². The van der Waals surface area contributed by atoms with Gasteiger partial charge in [-0.3, -0.25) is 0 Å². The number of anilines is 1. The number of nitrogens with one attached hydrogen (secondary N) is 1. The van der Waals surface area contributed by atoms with Gasteiger partial charge in [-0.2, -0.15) is 0 Å². The van der Waals surface area contributed by atoms with E-state index in [1.165, 1.54) is 6.42 Å². The molecule has 1 aromatic rings. The number of rotatable bonds is 6. The Balaban J connectivity index is 1.88. The molecule has 1 fully saturated rings. The van der Waals surface area contributed by atoms with E-state index < -0.39 is 0 Å². The predicted octanol–water partition coefficient (Wildman–Crippen LogP) is 1.92. The van der Waals surface area contributed by atoms with Crippen LogP contribution in [0, 0.1) is 5.92 Å². The molecule has 2 heterocycles. The molecule has 0 aromatic carbocycles. The van der Waals surface area contributed by atoms with E-state index in [-0.39, 0.29) is 0 Å². The molecule has 1 aliphatic rings. The van der Waals surface area contributed by atoms with Gasteiger partial charge in [-0.15, -0.1) is 0 Å². The van der Waals surface area contributed by atoms with Crippen LogP contribution in [0.1, 0.15) is 20.3 Å². The molecule has 1 N–H and O–H groups in total. The number of pyridine rings is 1. The fraction of sp³-hybridized carbons (Fsp3) is 0.667. The van der Waals surface area contributed by atoms with Gasteiger partial charge in [0.1, 0.15) is 5.82 Å². The van der Waals surface area contributed by atoms with Crippen molar-refractivity contribution in [3.63, 3.8) is 0 Å². The molecule has 1 aromatic heterocycles. The van der Waals surface area contributed by atoms with E-state index in [1.807, 2.05) is 18.3 Å². The fourth-order valence-corrected chi connectivity index (χ4v) is 2.56. The van der Waals surface area contributed by atoms with Crippen molar-refractivity contribution in [2.45, 2.75) is 32.4 Å². The second-order valence-electron chi connectivity index (χ2n) is 5.59. The molecule has 19 heavy (non-hydrogen) atoms. The van der Waals surface area contributed by atoms with Crippen molar-refractivity contribution >= 4 is 5.82 Å². The quantitative estimate of drug-likeness (QED) is 0.851. The normalized spacial score (nSPS) is 21.1. The number of hydrogen-bond acceptors (Lipinski definition) is 4. The lowest BCUT2D eigenvalue weighted by Crippen LogP contribution is -2.45. The van der Waals surface area contributed by atoms with Crippen LogP contribution in [0.25, 0.3) is 0 Å². The highest BCUT2D eigenvalue weighted by Gasteiger charge is 2.26. The highest BCUT2D eigenvalue weighted by molar-refractivity contribution is 5.39. The number of hydrogen-bond donors (Lipinski definition) is 1. The summed E-state index contributed by atoms with van der Waals surface area (Å²) in [7, 11) is 1.77. The smallest absolute Gasteiger partial charge is 0.128 e. The van der Waals surface area contributed by atoms with Crippen molar-refractivity contribution in [1.29, 1.82) is 0 Å². The van der Waals surface area contributed by atoms with Gasteiger partial charge in [-0.1, -0.05) is 19.9 Å². The lowest BCUT2D eigenvalue weighted by Gasteiger charge is -2.26. The van der Waals surface area contributed by atoms with Crippen LogP contribution >= 0.6 is 0 Å². The first-order valence-electron chi connectivity index (χ1n) is 7.11. The Hall–Kier alpha value is -1.13. The van der Waals surface area contributed by atoms with Crippen LogP contribution in [0.15, 0.2) is 24.4 Å². The Morgan fingerprint density at radius 1 is 1.47 bits per heavy atom. The summed E-state index contributed by atoms with van der Waals surface area (Å²) in [4.78, 5) is 6.77. The van der Waals surface area contributed by atoms with Crippen LogP contribution in [0.5, 0.6) is 0 Å². The Morgan fingerprint density at radius 2 is 2.32 bits per heavy atom. The molecule has 1 saturated heterocycles. The molecule has 2 rings (SSSR count). The van der Waals surface area contributed by atoms with Gasteiger partial charge in [-0.05, 0) is 24.5 Å². The third kappa shape index (κ3) is 3.91. The van der Waals surface area contributed by atoms with Gasteiger partial charge in [0.15, 0.2) is 0 Å². The highest BCUT2D eigenvalue weighted by atomic mass is 16.5. The molecule has 0 unspecified atom stereocenters. The van der Waals surface area contributed by atoms with Gasteiger partial charge >= 0.3 is 0 Å². The lowest BCUT2D eigenvalue weighted by atomic mass is 10.0. The summed E-state index contributed by atoms with van der Waals surface area (Å²) in [6.07, 6.45) is 3.03. The Labute approximate surface area is 116 Å². The molecule has 4 heteroatoms. The number of aromatic nitrogens is 1. The highest BCUT2D eigenvalue weighted by Crippen LogP contribution is 2.18. The molecule has 0 spiro atoms. The summed E-state index contributed by atoms with van der Waals surface area (Å²) < 4.78 is 5.30. The van der Waals surface area contributed by atoms with Crippen molar-refractivity contribution in [3.8, 4) is 0 Å². The van der Waals surface area contributed by atoms with E-state index >= 15 is 0 Å². The van der Waals surface area contributed by atoms with Crippen LogP contribution in [0.4, 0.5) is 5.82 Å². The third-order valence-electron chi connectivity index (χ3n) is 3.76. The minimum Gasteiger partial charge on any atom is -0.383 e. The summed E-state index contributed by atoms with van der Waals surface area (Å²) >= 11 is 0. The van der Waals surface area contributed by atoms with Gasteiger partial charge in [0, 0.05) is 38.5 Å². The second kappa shape index (κ2) is 6.87. The molecule has 4 nitrogen and oxygen atoms in total. The fourth-order valence-electron chi connectivity index (χ4n) is 2.56. The topological polar surface area (TPSA) is 37.4 Å². The molecular weight excluding hydrogens is 238 g/mol. The Kier molecular flexibility index (Phi) is 5.16. The molecular formula is C15H25N3O. The first-order chi connectivity index (χ1) is 9.20. The Bertz CT molecular complexity index is 369.